The molecule has 1 spiro atoms. The van der Waals surface area contributed by atoms with Gasteiger partial charge in [-0.1, -0.05) is 13.3 Å². The van der Waals surface area contributed by atoms with Crippen LogP contribution in [0, 0.1) is 28.6 Å². The highest BCUT2D eigenvalue weighted by Gasteiger charge is 2.62. The maximum absolute atomic E-state index is 15.3. The van der Waals surface area contributed by atoms with E-state index in [9.17, 15) is 4.79 Å². The van der Waals surface area contributed by atoms with Crippen LogP contribution in [0.5, 0.6) is 0 Å². The van der Waals surface area contributed by atoms with E-state index in [1.165, 1.54) is 6.33 Å². The second kappa shape index (κ2) is 6.80. The van der Waals surface area contributed by atoms with Gasteiger partial charge in [-0.25, -0.2) is 18.7 Å². The van der Waals surface area contributed by atoms with E-state index in [1.807, 2.05) is 24.0 Å². The van der Waals surface area contributed by atoms with Gasteiger partial charge in [0.05, 0.1) is 23.3 Å². The van der Waals surface area contributed by atoms with E-state index in [2.05, 4.69) is 15.0 Å². The number of aromatic nitrogens is 3. The summed E-state index contributed by atoms with van der Waals surface area (Å²) in [5.41, 5.74) is -0.586. The monoisotopic (exact) mass is 387 g/mol. The summed E-state index contributed by atoms with van der Waals surface area (Å²) in [6, 6.07) is 3.74. The van der Waals surface area contributed by atoms with Gasteiger partial charge >= 0.3 is 0 Å². The summed E-state index contributed by atoms with van der Waals surface area (Å²) in [6.07, 6.45) is 3.66. The summed E-state index contributed by atoms with van der Waals surface area (Å²) in [6.45, 7) is 2.46. The van der Waals surface area contributed by atoms with Gasteiger partial charge in [0, 0.05) is 31.6 Å². The van der Waals surface area contributed by atoms with Crippen molar-refractivity contribution in [3.63, 3.8) is 0 Å². The molecule has 2 fully saturated rings. The first-order valence-corrected chi connectivity index (χ1v) is 9.71. The van der Waals surface area contributed by atoms with E-state index in [0.29, 0.717) is 30.9 Å². The standard InChI is InChI=1S/C20H23F2N5O/c1-2-13-9-20(21,22)19(10-15(13)16(28)3-6-23)5-8-27(11-19)18-14-4-7-24-17(14)25-12-26-18/h4,7,12-13,15H,2-3,5,8-11H2,1H3,(H,24,25,26). The molecule has 1 N–H and O–H groups in total. The molecule has 8 heteroatoms. The number of fused-ring (bicyclic) bond motifs is 1. The predicted molar refractivity (Wildman–Crippen MR) is 99.8 cm³/mol. The van der Waals surface area contributed by atoms with E-state index < -0.39 is 17.3 Å². The number of hydrogen-bond donors (Lipinski definition) is 1. The molecule has 1 aliphatic heterocycles. The van der Waals surface area contributed by atoms with Crippen LogP contribution in [0.15, 0.2) is 18.6 Å². The van der Waals surface area contributed by atoms with Crippen LogP contribution in [-0.2, 0) is 4.79 Å². The number of anilines is 1. The predicted octanol–water partition coefficient (Wildman–Crippen LogP) is 3.71. The lowest BCUT2D eigenvalue weighted by Gasteiger charge is -2.47. The van der Waals surface area contributed by atoms with Crippen molar-refractivity contribution in [2.24, 2.45) is 17.3 Å². The van der Waals surface area contributed by atoms with Gasteiger partial charge in [0.2, 0.25) is 0 Å². The molecule has 2 aromatic rings. The van der Waals surface area contributed by atoms with Crippen molar-refractivity contribution in [2.45, 2.75) is 45.0 Å². The number of halogens is 2. The number of carbonyl (C=O) groups excluding carboxylic acids is 1. The van der Waals surface area contributed by atoms with Gasteiger partial charge < -0.3 is 9.88 Å². The van der Waals surface area contributed by atoms with Crippen LogP contribution >= 0.6 is 0 Å². The minimum atomic E-state index is -2.85. The summed E-state index contributed by atoms with van der Waals surface area (Å²) in [7, 11) is 0. The number of hydrogen-bond acceptors (Lipinski definition) is 5. The topological polar surface area (TPSA) is 85.7 Å². The third-order valence-electron chi connectivity index (χ3n) is 6.65. The zero-order valence-electron chi connectivity index (χ0n) is 15.8. The van der Waals surface area contributed by atoms with Crippen molar-refractivity contribution >= 4 is 22.6 Å². The Labute approximate surface area is 162 Å². The van der Waals surface area contributed by atoms with Crippen LogP contribution < -0.4 is 4.90 Å². The Balaban J connectivity index is 1.65. The first-order chi connectivity index (χ1) is 13.4. The molecule has 0 bridgehead atoms. The molecule has 6 nitrogen and oxygen atoms in total. The van der Waals surface area contributed by atoms with Crippen LogP contribution in [0.3, 0.4) is 0 Å². The molecule has 2 aromatic heterocycles. The molecule has 1 saturated carbocycles. The maximum atomic E-state index is 15.3. The number of carbonyl (C=O) groups is 1. The fourth-order valence-electron chi connectivity index (χ4n) is 5.07. The van der Waals surface area contributed by atoms with Crippen LogP contribution in [0.1, 0.15) is 39.0 Å². The fraction of sp³-hybridized carbons (Fsp3) is 0.600. The Bertz CT molecular complexity index is 936. The summed E-state index contributed by atoms with van der Waals surface area (Å²) in [4.78, 5) is 25.9. The highest BCUT2D eigenvalue weighted by molar-refractivity contribution is 5.87. The molecule has 0 aromatic carbocycles. The number of ketones is 1. The number of H-pyrrole nitrogens is 1. The minimum absolute atomic E-state index is 0.136. The number of nitrogens with one attached hydrogen (secondary N) is 1. The van der Waals surface area contributed by atoms with Crippen LogP contribution in [0.4, 0.5) is 14.6 Å². The first-order valence-electron chi connectivity index (χ1n) is 9.71. The summed E-state index contributed by atoms with van der Waals surface area (Å²) in [5, 5.41) is 9.72. The number of nitrogens with zero attached hydrogens (tertiary/aromatic N) is 4. The van der Waals surface area contributed by atoms with E-state index in [-0.39, 0.29) is 37.5 Å². The largest absolute Gasteiger partial charge is 0.355 e. The van der Waals surface area contributed by atoms with Gasteiger partial charge in [-0.3, -0.25) is 4.79 Å². The van der Waals surface area contributed by atoms with Crippen LogP contribution in [0.25, 0.3) is 11.0 Å². The molecule has 2 aliphatic rings. The zero-order chi connectivity index (χ0) is 19.9. The van der Waals surface area contributed by atoms with Crippen molar-refractivity contribution in [3.8, 4) is 6.07 Å². The zero-order valence-corrected chi connectivity index (χ0v) is 15.8. The van der Waals surface area contributed by atoms with Crippen LogP contribution in [-0.4, -0.2) is 39.7 Å². The van der Waals surface area contributed by atoms with Gasteiger partial charge in [-0.15, -0.1) is 0 Å². The van der Waals surface area contributed by atoms with Gasteiger partial charge in [-0.2, -0.15) is 5.26 Å². The summed E-state index contributed by atoms with van der Waals surface area (Å²) < 4.78 is 30.7. The quantitative estimate of drug-likeness (QED) is 0.864. The molecule has 1 saturated heterocycles. The normalized spacial score (nSPS) is 29.3. The third-order valence-corrected chi connectivity index (χ3v) is 6.65. The molecule has 3 unspecified atom stereocenters. The maximum Gasteiger partial charge on any atom is 0.255 e. The Morgan fingerprint density at radius 1 is 1.43 bits per heavy atom. The van der Waals surface area contributed by atoms with Gasteiger partial charge in [0.25, 0.3) is 5.92 Å². The minimum Gasteiger partial charge on any atom is -0.355 e. The third kappa shape index (κ3) is 2.84. The van der Waals surface area contributed by atoms with E-state index in [0.717, 1.165) is 5.39 Å². The fourth-order valence-corrected chi connectivity index (χ4v) is 5.07. The molecular formula is C20H23F2N5O. The molecule has 0 amide bonds. The Hall–Kier alpha value is -2.56. The molecule has 3 atom stereocenters. The highest BCUT2D eigenvalue weighted by atomic mass is 19.3. The highest BCUT2D eigenvalue weighted by Crippen LogP contribution is 2.58. The second-order valence-corrected chi connectivity index (χ2v) is 8.08. The first kappa shape index (κ1) is 18.8. The van der Waals surface area contributed by atoms with Gasteiger partial charge in [0.15, 0.2) is 0 Å². The van der Waals surface area contributed by atoms with Crippen molar-refractivity contribution in [3.05, 3.63) is 18.6 Å². The molecule has 0 radical (unpaired) electrons. The average molecular weight is 387 g/mol. The Kier molecular flexibility index (Phi) is 4.56. The number of aromatic amines is 1. The van der Waals surface area contributed by atoms with Gasteiger partial charge in [-0.05, 0) is 24.8 Å². The molecule has 148 valence electrons. The number of nitriles is 1. The molecule has 1 aliphatic carbocycles. The number of alkyl halides is 2. The SMILES string of the molecule is CCC1CC(F)(F)C2(CCN(c3ncnc4[nH]ccc34)C2)CC1C(=O)CC#N. The smallest absolute Gasteiger partial charge is 0.255 e. The van der Waals surface area contributed by atoms with Gasteiger partial charge in [0.1, 0.15) is 23.6 Å². The van der Waals surface area contributed by atoms with Crippen molar-refractivity contribution in [1.82, 2.24) is 15.0 Å². The van der Waals surface area contributed by atoms with E-state index in [1.54, 1.807) is 6.20 Å². The Morgan fingerprint density at radius 3 is 3.00 bits per heavy atom. The van der Waals surface area contributed by atoms with E-state index >= 15 is 8.78 Å². The van der Waals surface area contributed by atoms with Crippen LogP contribution in [0.2, 0.25) is 0 Å². The summed E-state index contributed by atoms with van der Waals surface area (Å²) >= 11 is 0. The lowest BCUT2D eigenvalue weighted by atomic mass is 9.60. The lowest BCUT2D eigenvalue weighted by Crippen LogP contribution is -2.52. The number of rotatable bonds is 4. The van der Waals surface area contributed by atoms with Crippen molar-refractivity contribution in [1.29, 1.82) is 5.26 Å². The number of Topliss-reactive ketones (excluding diaryl/α,β-unsaturated/α-hetero) is 1. The molecule has 28 heavy (non-hydrogen) atoms. The van der Waals surface area contributed by atoms with Crippen molar-refractivity contribution < 1.29 is 13.6 Å². The molecule has 4 rings (SSSR count). The van der Waals surface area contributed by atoms with E-state index in [4.69, 9.17) is 5.26 Å². The average Bonchev–Trinajstić information content (AvgIpc) is 3.31. The second-order valence-electron chi connectivity index (χ2n) is 8.08. The Morgan fingerprint density at radius 2 is 2.25 bits per heavy atom. The lowest BCUT2D eigenvalue weighted by molar-refractivity contribution is -0.173. The van der Waals surface area contributed by atoms with Crippen molar-refractivity contribution in [2.75, 3.05) is 18.0 Å². The summed E-state index contributed by atoms with van der Waals surface area (Å²) in [5.74, 6) is -3.24. The molecule has 3 heterocycles. The molecular weight excluding hydrogens is 364 g/mol.